The van der Waals surface area contributed by atoms with Crippen molar-refractivity contribution >= 4 is 22.6 Å². The lowest BCUT2D eigenvalue weighted by molar-refractivity contribution is 0.364. The van der Waals surface area contributed by atoms with Crippen LogP contribution in [0.4, 0.5) is 0 Å². The Morgan fingerprint density at radius 1 is 1.24 bits per heavy atom. The van der Waals surface area contributed by atoms with Gasteiger partial charge in [-0.3, -0.25) is 0 Å². The fourth-order valence-corrected chi connectivity index (χ4v) is 4.32. The van der Waals surface area contributed by atoms with Crippen LogP contribution < -0.4 is 10.0 Å². The summed E-state index contributed by atoms with van der Waals surface area (Å²) in [5.41, 5.74) is 2.38. The third-order valence-corrected chi connectivity index (χ3v) is 5.67. The molecule has 0 aliphatic carbocycles. The van der Waals surface area contributed by atoms with Gasteiger partial charge in [-0.1, -0.05) is 24.3 Å². The molecule has 0 amide bonds. The molecule has 1 aromatic rings. The first kappa shape index (κ1) is 16.7. The average molecular weight is 332 g/mol. The van der Waals surface area contributed by atoms with Gasteiger partial charge < -0.3 is 5.32 Å². The van der Waals surface area contributed by atoms with Gasteiger partial charge in [-0.2, -0.15) is 17.4 Å². The van der Waals surface area contributed by atoms with Crippen LogP contribution in [0.3, 0.4) is 0 Å². The highest BCUT2D eigenvalue weighted by atomic mass is 35.5. The van der Waals surface area contributed by atoms with Crippen LogP contribution in [0.25, 0.3) is 0 Å². The summed E-state index contributed by atoms with van der Waals surface area (Å²) in [6.07, 6.45) is 2.73. The Morgan fingerprint density at radius 3 is 2.71 bits per heavy atom. The minimum atomic E-state index is -3.38. The summed E-state index contributed by atoms with van der Waals surface area (Å²) in [6, 6.07) is 8.09. The third-order valence-electron chi connectivity index (χ3n) is 4.05. The lowest BCUT2D eigenvalue weighted by Gasteiger charge is -2.31. The molecule has 0 unspecified atom stereocenters. The second-order valence-corrected chi connectivity index (χ2v) is 7.22. The van der Waals surface area contributed by atoms with E-state index in [4.69, 9.17) is 0 Å². The van der Waals surface area contributed by atoms with E-state index in [1.165, 1.54) is 5.56 Å². The van der Waals surface area contributed by atoms with E-state index in [0.717, 1.165) is 37.9 Å². The van der Waals surface area contributed by atoms with Crippen molar-refractivity contribution in [3.05, 3.63) is 35.4 Å². The zero-order valence-electron chi connectivity index (χ0n) is 11.9. The molecule has 2 aliphatic heterocycles. The normalized spacial score (nSPS) is 23.1. The molecule has 21 heavy (non-hydrogen) atoms. The molecule has 1 fully saturated rings. The minimum absolute atomic E-state index is 0. The molecular weight excluding hydrogens is 310 g/mol. The van der Waals surface area contributed by atoms with Crippen molar-refractivity contribution in [2.24, 2.45) is 0 Å². The highest BCUT2D eigenvalue weighted by Gasteiger charge is 2.29. The smallest absolute Gasteiger partial charge is 0.280 e. The molecule has 1 atom stereocenters. The summed E-state index contributed by atoms with van der Waals surface area (Å²) in [4.78, 5) is 0. The molecule has 3 rings (SSSR count). The van der Waals surface area contributed by atoms with E-state index in [1.807, 2.05) is 18.2 Å². The Balaban J connectivity index is 0.00000161. The van der Waals surface area contributed by atoms with Crippen molar-refractivity contribution in [3.63, 3.8) is 0 Å². The largest absolute Gasteiger partial charge is 0.315 e. The summed E-state index contributed by atoms with van der Waals surface area (Å²) in [5.74, 6) is 0. The number of nitrogens with one attached hydrogen (secondary N) is 2. The van der Waals surface area contributed by atoms with Gasteiger partial charge in [0.05, 0.1) is 0 Å². The van der Waals surface area contributed by atoms with E-state index < -0.39 is 10.2 Å². The van der Waals surface area contributed by atoms with Crippen LogP contribution in [-0.2, 0) is 23.2 Å². The Hall–Kier alpha value is -0.660. The van der Waals surface area contributed by atoms with Crippen LogP contribution in [0.1, 0.15) is 24.0 Å². The van der Waals surface area contributed by atoms with Crippen LogP contribution in [0, 0.1) is 0 Å². The number of rotatable bonds is 3. The van der Waals surface area contributed by atoms with Crippen molar-refractivity contribution < 1.29 is 8.42 Å². The Labute approximate surface area is 132 Å². The van der Waals surface area contributed by atoms with Crippen LogP contribution in [-0.4, -0.2) is 38.4 Å². The lowest BCUT2D eigenvalue weighted by atomic mass is 10.0. The van der Waals surface area contributed by atoms with E-state index in [1.54, 1.807) is 4.31 Å². The van der Waals surface area contributed by atoms with Gasteiger partial charge in [0.25, 0.3) is 10.2 Å². The molecule has 0 spiro atoms. The van der Waals surface area contributed by atoms with E-state index in [9.17, 15) is 8.42 Å². The van der Waals surface area contributed by atoms with Crippen molar-refractivity contribution in [1.82, 2.24) is 14.3 Å². The maximum Gasteiger partial charge on any atom is 0.280 e. The number of hydrogen-bond acceptors (Lipinski definition) is 3. The van der Waals surface area contributed by atoms with Crippen molar-refractivity contribution in [2.45, 2.75) is 31.8 Å². The average Bonchev–Trinajstić information content (AvgIpc) is 2.47. The second-order valence-electron chi connectivity index (χ2n) is 5.52. The molecule has 2 aliphatic rings. The highest BCUT2D eigenvalue weighted by Crippen LogP contribution is 2.20. The molecule has 118 valence electrons. The molecule has 1 saturated heterocycles. The van der Waals surface area contributed by atoms with Gasteiger partial charge in [-0.25, -0.2) is 0 Å². The monoisotopic (exact) mass is 331 g/mol. The number of piperidine rings is 1. The maximum atomic E-state index is 12.5. The SMILES string of the molecule is Cl.O=S(=O)(N[C@@H]1CCCNC1)N1CCc2ccccc2C1. The molecule has 2 heterocycles. The van der Waals surface area contributed by atoms with E-state index in [-0.39, 0.29) is 18.4 Å². The van der Waals surface area contributed by atoms with E-state index in [2.05, 4.69) is 16.1 Å². The highest BCUT2D eigenvalue weighted by molar-refractivity contribution is 7.87. The van der Waals surface area contributed by atoms with Crippen molar-refractivity contribution in [1.29, 1.82) is 0 Å². The van der Waals surface area contributed by atoms with Crippen molar-refractivity contribution in [2.75, 3.05) is 19.6 Å². The number of nitrogens with zero attached hydrogens (tertiary/aromatic N) is 1. The summed E-state index contributed by atoms with van der Waals surface area (Å²) >= 11 is 0. The molecule has 0 aromatic heterocycles. The predicted octanol–water partition coefficient (Wildman–Crippen LogP) is 1.05. The first-order chi connectivity index (χ1) is 9.65. The van der Waals surface area contributed by atoms with Gasteiger partial charge >= 0.3 is 0 Å². The third kappa shape index (κ3) is 3.96. The molecule has 0 radical (unpaired) electrons. The van der Waals surface area contributed by atoms with Gasteiger partial charge in [-0.05, 0) is 36.9 Å². The quantitative estimate of drug-likeness (QED) is 0.870. The molecule has 5 nitrogen and oxygen atoms in total. The lowest BCUT2D eigenvalue weighted by Crippen LogP contribution is -2.51. The zero-order chi connectivity index (χ0) is 14.0. The van der Waals surface area contributed by atoms with Gasteiger partial charge in [0.1, 0.15) is 0 Å². The molecule has 0 saturated carbocycles. The summed E-state index contributed by atoms with van der Waals surface area (Å²) in [7, 11) is -3.38. The van der Waals surface area contributed by atoms with Gasteiger partial charge in [0, 0.05) is 25.7 Å². The summed E-state index contributed by atoms with van der Waals surface area (Å²) in [6.45, 7) is 2.75. The van der Waals surface area contributed by atoms with Crippen molar-refractivity contribution in [3.8, 4) is 0 Å². The first-order valence-electron chi connectivity index (χ1n) is 7.20. The summed E-state index contributed by atoms with van der Waals surface area (Å²) in [5, 5.41) is 3.23. The van der Waals surface area contributed by atoms with E-state index >= 15 is 0 Å². The van der Waals surface area contributed by atoms with E-state index in [0.29, 0.717) is 13.1 Å². The van der Waals surface area contributed by atoms with Gasteiger partial charge in [0.2, 0.25) is 0 Å². The van der Waals surface area contributed by atoms with Crippen LogP contribution in [0.5, 0.6) is 0 Å². The van der Waals surface area contributed by atoms with Gasteiger partial charge in [0.15, 0.2) is 0 Å². The molecular formula is C14H22ClN3O2S. The standard InChI is InChI=1S/C14H21N3O2S.ClH/c18-20(19,16-14-6-3-8-15-10-14)17-9-7-12-4-1-2-5-13(12)11-17;/h1-2,4-5,14-16H,3,6-11H2;1H/t14-;/m1./s1. The Morgan fingerprint density at radius 2 is 2.00 bits per heavy atom. The fourth-order valence-electron chi connectivity index (χ4n) is 2.91. The number of hydrogen-bond donors (Lipinski definition) is 2. The van der Waals surface area contributed by atoms with Crippen LogP contribution in [0.15, 0.2) is 24.3 Å². The van der Waals surface area contributed by atoms with Crippen LogP contribution >= 0.6 is 12.4 Å². The molecule has 0 bridgehead atoms. The first-order valence-corrected chi connectivity index (χ1v) is 8.64. The summed E-state index contributed by atoms with van der Waals surface area (Å²) < 4.78 is 29.3. The van der Waals surface area contributed by atoms with Gasteiger partial charge in [-0.15, -0.1) is 12.4 Å². The number of halogens is 1. The second kappa shape index (κ2) is 7.07. The molecule has 1 aromatic carbocycles. The predicted molar refractivity (Wildman–Crippen MR) is 85.8 cm³/mol. The maximum absolute atomic E-state index is 12.5. The number of benzene rings is 1. The van der Waals surface area contributed by atoms with Crippen LogP contribution in [0.2, 0.25) is 0 Å². The molecule has 2 N–H and O–H groups in total. The Kier molecular flexibility index (Phi) is 5.62. The Bertz CT molecular complexity index is 573. The minimum Gasteiger partial charge on any atom is -0.315 e. The zero-order valence-corrected chi connectivity index (χ0v) is 13.5. The molecule has 7 heteroatoms. The topological polar surface area (TPSA) is 61.4 Å². The fraction of sp³-hybridized carbons (Fsp3) is 0.571. The number of fused-ring (bicyclic) bond motifs is 1.